The molecule has 0 aliphatic carbocycles. The van der Waals surface area contributed by atoms with Crippen LogP contribution >= 0.6 is 11.8 Å². The fourth-order valence-corrected chi connectivity index (χ4v) is 3.48. The number of thioether (sulfide) groups is 1. The molecular formula is C15H26O4S. The molecule has 0 aromatic carbocycles. The first-order chi connectivity index (χ1) is 9.50. The lowest BCUT2D eigenvalue weighted by atomic mass is 9.99. The van der Waals surface area contributed by atoms with Crippen molar-refractivity contribution in [3.8, 4) is 0 Å². The average molecular weight is 302 g/mol. The highest BCUT2D eigenvalue weighted by molar-refractivity contribution is 8.00. The van der Waals surface area contributed by atoms with Crippen LogP contribution in [0, 0.1) is 0 Å². The van der Waals surface area contributed by atoms with E-state index in [-0.39, 0.29) is 24.0 Å². The summed E-state index contributed by atoms with van der Waals surface area (Å²) in [6.45, 7) is 4.19. The van der Waals surface area contributed by atoms with Gasteiger partial charge < -0.3 is 9.47 Å². The normalized spacial score (nSPS) is 26.1. The first-order valence-electron chi connectivity index (χ1n) is 7.42. The summed E-state index contributed by atoms with van der Waals surface area (Å²) >= 11 is 1.51. The lowest BCUT2D eigenvalue weighted by Crippen LogP contribution is -2.43. The SMILES string of the molecule is CCCCCCCC1(C)CSC(CC(=O)OC)C(=O)O1. The molecule has 0 aromatic rings. The van der Waals surface area contributed by atoms with E-state index in [1.165, 1.54) is 44.6 Å². The van der Waals surface area contributed by atoms with Crippen LogP contribution < -0.4 is 0 Å². The Bertz CT molecular complexity index is 332. The molecule has 0 radical (unpaired) electrons. The molecule has 1 aliphatic heterocycles. The van der Waals surface area contributed by atoms with Gasteiger partial charge in [-0.3, -0.25) is 9.59 Å². The van der Waals surface area contributed by atoms with E-state index in [0.29, 0.717) is 0 Å². The van der Waals surface area contributed by atoms with Gasteiger partial charge in [0.2, 0.25) is 0 Å². The van der Waals surface area contributed by atoms with Crippen LogP contribution in [0.2, 0.25) is 0 Å². The molecule has 4 nitrogen and oxygen atoms in total. The molecule has 0 amide bonds. The molecule has 0 aromatic heterocycles. The van der Waals surface area contributed by atoms with Gasteiger partial charge in [0.25, 0.3) is 0 Å². The van der Waals surface area contributed by atoms with Gasteiger partial charge in [-0.1, -0.05) is 32.6 Å². The van der Waals surface area contributed by atoms with Crippen LogP contribution in [0.15, 0.2) is 0 Å². The van der Waals surface area contributed by atoms with Crippen LogP contribution in [0.25, 0.3) is 0 Å². The van der Waals surface area contributed by atoms with Gasteiger partial charge in [-0.05, 0) is 19.8 Å². The van der Waals surface area contributed by atoms with Crippen LogP contribution in [0.1, 0.15) is 58.8 Å². The van der Waals surface area contributed by atoms with Crippen LogP contribution in [0.4, 0.5) is 0 Å². The summed E-state index contributed by atoms with van der Waals surface area (Å²) in [5.74, 6) is 0.124. The topological polar surface area (TPSA) is 52.6 Å². The Morgan fingerprint density at radius 3 is 2.70 bits per heavy atom. The van der Waals surface area contributed by atoms with Crippen molar-refractivity contribution < 1.29 is 19.1 Å². The number of rotatable bonds is 8. The number of cyclic esters (lactones) is 1. The van der Waals surface area contributed by atoms with Gasteiger partial charge in [-0.25, -0.2) is 0 Å². The monoisotopic (exact) mass is 302 g/mol. The maximum absolute atomic E-state index is 11.9. The zero-order valence-electron chi connectivity index (χ0n) is 12.8. The van der Waals surface area contributed by atoms with E-state index in [1.807, 2.05) is 6.92 Å². The van der Waals surface area contributed by atoms with E-state index in [1.54, 1.807) is 0 Å². The third-order valence-electron chi connectivity index (χ3n) is 3.59. The van der Waals surface area contributed by atoms with Crippen molar-refractivity contribution in [1.29, 1.82) is 0 Å². The second-order valence-corrected chi connectivity index (χ2v) is 6.81. The minimum absolute atomic E-state index is 0.104. The number of carbonyl (C=O) groups is 2. The molecule has 2 atom stereocenters. The Hall–Kier alpha value is -0.710. The number of methoxy groups -OCH3 is 1. The number of ether oxygens (including phenoxy) is 2. The van der Waals surface area contributed by atoms with Crippen molar-refractivity contribution in [3.63, 3.8) is 0 Å². The van der Waals surface area contributed by atoms with Gasteiger partial charge in [0, 0.05) is 5.75 Å². The summed E-state index contributed by atoms with van der Waals surface area (Å²) in [7, 11) is 1.33. The minimum atomic E-state index is -0.407. The molecule has 0 bridgehead atoms. The zero-order valence-corrected chi connectivity index (χ0v) is 13.6. The van der Waals surface area contributed by atoms with Crippen molar-refractivity contribution in [1.82, 2.24) is 0 Å². The molecule has 116 valence electrons. The molecule has 20 heavy (non-hydrogen) atoms. The van der Waals surface area contributed by atoms with E-state index in [9.17, 15) is 9.59 Å². The average Bonchev–Trinajstić information content (AvgIpc) is 2.42. The van der Waals surface area contributed by atoms with Crippen LogP contribution in [0.5, 0.6) is 0 Å². The molecule has 0 spiro atoms. The molecule has 1 fully saturated rings. The summed E-state index contributed by atoms with van der Waals surface area (Å²) in [6.07, 6.45) is 7.04. The highest BCUT2D eigenvalue weighted by Gasteiger charge is 2.39. The molecule has 0 saturated carbocycles. The van der Waals surface area contributed by atoms with Crippen LogP contribution in [-0.2, 0) is 19.1 Å². The Kier molecular flexibility index (Phi) is 7.41. The number of carbonyl (C=O) groups excluding carboxylic acids is 2. The Morgan fingerprint density at radius 1 is 1.40 bits per heavy atom. The molecule has 1 aliphatic rings. The van der Waals surface area contributed by atoms with Gasteiger partial charge >= 0.3 is 11.9 Å². The maximum atomic E-state index is 11.9. The van der Waals surface area contributed by atoms with Crippen molar-refractivity contribution in [2.24, 2.45) is 0 Å². The minimum Gasteiger partial charge on any atom is -0.469 e. The van der Waals surface area contributed by atoms with E-state index in [0.717, 1.165) is 18.6 Å². The summed E-state index contributed by atoms with van der Waals surface area (Å²) in [6, 6.07) is 0. The van der Waals surface area contributed by atoms with Gasteiger partial charge in [-0.15, -0.1) is 11.8 Å². The largest absolute Gasteiger partial charge is 0.469 e. The second-order valence-electron chi connectivity index (χ2n) is 5.62. The smallest absolute Gasteiger partial charge is 0.320 e. The van der Waals surface area contributed by atoms with E-state index in [4.69, 9.17) is 4.74 Å². The van der Waals surface area contributed by atoms with E-state index < -0.39 is 5.25 Å². The van der Waals surface area contributed by atoms with Crippen molar-refractivity contribution in [2.75, 3.05) is 12.9 Å². The summed E-state index contributed by atoms with van der Waals surface area (Å²) in [5.41, 5.74) is -0.374. The quantitative estimate of drug-likeness (QED) is 0.508. The Balaban J connectivity index is 2.33. The lowest BCUT2D eigenvalue weighted by Gasteiger charge is -2.36. The number of esters is 2. The highest BCUT2D eigenvalue weighted by atomic mass is 32.2. The van der Waals surface area contributed by atoms with Crippen molar-refractivity contribution in [2.45, 2.75) is 69.6 Å². The summed E-state index contributed by atoms with van der Waals surface area (Å²) < 4.78 is 10.2. The predicted molar refractivity (Wildman–Crippen MR) is 80.8 cm³/mol. The van der Waals surface area contributed by atoms with Gasteiger partial charge in [0.15, 0.2) is 0 Å². The van der Waals surface area contributed by atoms with Gasteiger partial charge in [0.1, 0.15) is 10.9 Å². The standard InChI is InChI=1S/C15H26O4S/c1-4-5-6-7-8-9-15(2)11-20-12(14(17)19-15)10-13(16)18-3/h12H,4-11H2,1-3H3. The summed E-state index contributed by atoms with van der Waals surface area (Å²) in [4.78, 5) is 23.2. The third kappa shape index (κ3) is 5.73. The summed E-state index contributed by atoms with van der Waals surface area (Å²) in [5, 5.41) is -0.407. The molecule has 1 heterocycles. The van der Waals surface area contributed by atoms with Crippen LogP contribution in [0.3, 0.4) is 0 Å². The molecule has 1 rings (SSSR count). The molecule has 5 heteroatoms. The number of hydrogen-bond acceptors (Lipinski definition) is 5. The van der Waals surface area contributed by atoms with Gasteiger partial charge in [0.05, 0.1) is 13.5 Å². The second kappa shape index (κ2) is 8.55. The predicted octanol–water partition coefficient (Wildman–Crippen LogP) is 3.33. The first kappa shape index (κ1) is 17.3. The third-order valence-corrected chi connectivity index (χ3v) is 5.13. The molecule has 1 saturated heterocycles. The van der Waals surface area contributed by atoms with Crippen molar-refractivity contribution >= 4 is 23.7 Å². The Labute approximate surface area is 126 Å². The van der Waals surface area contributed by atoms with Crippen LogP contribution in [-0.4, -0.2) is 35.7 Å². The Morgan fingerprint density at radius 2 is 2.10 bits per heavy atom. The fraction of sp³-hybridized carbons (Fsp3) is 0.867. The lowest BCUT2D eigenvalue weighted by molar-refractivity contribution is -0.159. The molecular weight excluding hydrogens is 276 g/mol. The van der Waals surface area contributed by atoms with E-state index >= 15 is 0 Å². The fourth-order valence-electron chi connectivity index (χ4n) is 2.29. The molecule has 2 unspecified atom stereocenters. The maximum Gasteiger partial charge on any atom is 0.320 e. The number of unbranched alkanes of at least 4 members (excludes halogenated alkanes) is 4. The zero-order chi connectivity index (χ0) is 15.0. The first-order valence-corrected chi connectivity index (χ1v) is 8.47. The number of hydrogen-bond donors (Lipinski definition) is 0. The van der Waals surface area contributed by atoms with Crippen molar-refractivity contribution in [3.05, 3.63) is 0 Å². The molecule has 0 N–H and O–H groups in total. The highest BCUT2D eigenvalue weighted by Crippen LogP contribution is 2.34. The van der Waals surface area contributed by atoms with Gasteiger partial charge in [-0.2, -0.15) is 0 Å². The van der Waals surface area contributed by atoms with E-state index in [2.05, 4.69) is 11.7 Å².